The van der Waals surface area contributed by atoms with Crippen LogP contribution in [0.4, 0.5) is 0 Å². The standard InChI is InChI=1S/C14H22N2/c1-14(7-2-3-8-14)12-16-10-6-13-5-4-9-15-11-13/h4-5,9,11,16H,2-3,6-8,10,12H2,1H3. The second kappa shape index (κ2) is 5.44. The Morgan fingerprint density at radius 2 is 2.19 bits per heavy atom. The summed E-state index contributed by atoms with van der Waals surface area (Å²) in [6.45, 7) is 4.66. The van der Waals surface area contributed by atoms with Crippen molar-refractivity contribution in [1.29, 1.82) is 0 Å². The van der Waals surface area contributed by atoms with Gasteiger partial charge in [-0.2, -0.15) is 0 Å². The van der Waals surface area contributed by atoms with Crippen molar-refractivity contribution in [3.05, 3.63) is 30.1 Å². The average Bonchev–Trinajstić information content (AvgIpc) is 2.74. The van der Waals surface area contributed by atoms with E-state index in [2.05, 4.69) is 23.3 Å². The summed E-state index contributed by atoms with van der Waals surface area (Å²) in [5.41, 5.74) is 1.89. The summed E-state index contributed by atoms with van der Waals surface area (Å²) >= 11 is 0. The Morgan fingerprint density at radius 3 is 2.88 bits per heavy atom. The Hall–Kier alpha value is -0.890. The molecule has 2 nitrogen and oxygen atoms in total. The zero-order valence-electron chi connectivity index (χ0n) is 10.2. The summed E-state index contributed by atoms with van der Waals surface area (Å²) in [7, 11) is 0. The summed E-state index contributed by atoms with van der Waals surface area (Å²) < 4.78 is 0. The molecule has 0 atom stereocenters. The van der Waals surface area contributed by atoms with E-state index in [4.69, 9.17) is 0 Å². The van der Waals surface area contributed by atoms with E-state index >= 15 is 0 Å². The molecule has 0 spiro atoms. The molecule has 2 rings (SSSR count). The lowest BCUT2D eigenvalue weighted by molar-refractivity contribution is 0.316. The molecule has 1 aliphatic carbocycles. The minimum absolute atomic E-state index is 0.564. The van der Waals surface area contributed by atoms with Crippen LogP contribution in [0.1, 0.15) is 38.2 Å². The van der Waals surface area contributed by atoms with Crippen LogP contribution >= 0.6 is 0 Å². The molecule has 0 amide bonds. The summed E-state index contributed by atoms with van der Waals surface area (Å²) in [4.78, 5) is 4.13. The van der Waals surface area contributed by atoms with Crippen LogP contribution in [0.25, 0.3) is 0 Å². The molecule has 0 unspecified atom stereocenters. The summed E-state index contributed by atoms with van der Waals surface area (Å²) in [6.07, 6.45) is 10.5. The van der Waals surface area contributed by atoms with Gasteiger partial charge in [0.2, 0.25) is 0 Å². The van der Waals surface area contributed by atoms with Crippen molar-refractivity contribution >= 4 is 0 Å². The normalized spacial score (nSPS) is 18.8. The van der Waals surface area contributed by atoms with Crippen LogP contribution in [0.2, 0.25) is 0 Å². The van der Waals surface area contributed by atoms with Crippen LogP contribution in [0.3, 0.4) is 0 Å². The van der Waals surface area contributed by atoms with Crippen LogP contribution in [-0.2, 0) is 6.42 Å². The molecule has 0 radical (unpaired) electrons. The maximum absolute atomic E-state index is 4.13. The highest BCUT2D eigenvalue weighted by Gasteiger charge is 2.27. The van der Waals surface area contributed by atoms with Gasteiger partial charge in [-0.15, -0.1) is 0 Å². The molecule has 1 fully saturated rings. The lowest BCUT2D eigenvalue weighted by Crippen LogP contribution is -2.30. The fourth-order valence-electron chi connectivity index (χ4n) is 2.57. The second-order valence-electron chi connectivity index (χ2n) is 5.31. The lowest BCUT2D eigenvalue weighted by atomic mass is 9.89. The van der Waals surface area contributed by atoms with E-state index in [1.165, 1.54) is 37.8 Å². The van der Waals surface area contributed by atoms with E-state index in [0.717, 1.165) is 13.0 Å². The molecule has 1 aromatic heterocycles. The van der Waals surface area contributed by atoms with Gasteiger partial charge in [-0.25, -0.2) is 0 Å². The predicted molar refractivity (Wildman–Crippen MR) is 67.4 cm³/mol. The number of pyridine rings is 1. The van der Waals surface area contributed by atoms with Crippen molar-refractivity contribution in [3.63, 3.8) is 0 Å². The summed E-state index contributed by atoms with van der Waals surface area (Å²) in [6, 6.07) is 4.15. The van der Waals surface area contributed by atoms with Crippen molar-refractivity contribution in [2.45, 2.75) is 39.0 Å². The molecule has 0 aromatic carbocycles. The van der Waals surface area contributed by atoms with Gasteiger partial charge in [-0.05, 0) is 42.9 Å². The Bertz CT molecular complexity index is 302. The maximum Gasteiger partial charge on any atom is 0.0300 e. The van der Waals surface area contributed by atoms with Crippen molar-refractivity contribution in [2.75, 3.05) is 13.1 Å². The smallest absolute Gasteiger partial charge is 0.0300 e. The van der Waals surface area contributed by atoms with Gasteiger partial charge in [0.25, 0.3) is 0 Å². The quantitative estimate of drug-likeness (QED) is 0.769. The zero-order chi connectivity index (χ0) is 11.3. The first-order valence-corrected chi connectivity index (χ1v) is 6.38. The van der Waals surface area contributed by atoms with Crippen molar-refractivity contribution < 1.29 is 0 Å². The van der Waals surface area contributed by atoms with E-state index in [9.17, 15) is 0 Å². The molecule has 1 heterocycles. The van der Waals surface area contributed by atoms with Gasteiger partial charge in [-0.1, -0.05) is 25.8 Å². The molecule has 0 saturated heterocycles. The van der Waals surface area contributed by atoms with Crippen LogP contribution in [0, 0.1) is 5.41 Å². The Kier molecular flexibility index (Phi) is 3.94. The van der Waals surface area contributed by atoms with E-state index in [1.807, 2.05) is 18.5 Å². The number of aromatic nitrogens is 1. The van der Waals surface area contributed by atoms with Crippen LogP contribution < -0.4 is 5.32 Å². The van der Waals surface area contributed by atoms with Crippen molar-refractivity contribution in [3.8, 4) is 0 Å². The fourth-order valence-corrected chi connectivity index (χ4v) is 2.57. The predicted octanol–water partition coefficient (Wildman–Crippen LogP) is 2.79. The molecular weight excluding hydrogens is 196 g/mol. The summed E-state index contributed by atoms with van der Waals surface area (Å²) in [5, 5.41) is 3.59. The molecule has 0 aliphatic heterocycles. The second-order valence-corrected chi connectivity index (χ2v) is 5.31. The van der Waals surface area contributed by atoms with E-state index < -0.39 is 0 Å². The van der Waals surface area contributed by atoms with Gasteiger partial charge in [0, 0.05) is 18.9 Å². The van der Waals surface area contributed by atoms with Crippen molar-refractivity contribution in [1.82, 2.24) is 10.3 Å². The van der Waals surface area contributed by atoms with Gasteiger partial charge >= 0.3 is 0 Å². The SMILES string of the molecule is CC1(CNCCc2cccnc2)CCCC1. The number of rotatable bonds is 5. The Balaban J connectivity index is 1.65. The highest BCUT2D eigenvalue weighted by atomic mass is 14.9. The molecule has 1 aromatic rings. The molecule has 88 valence electrons. The van der Waals surface area contributed by atoms with Crippen LogP contribution in [0.5, 0.6) is 0 Å². The molecule has 2 heteroatoms. The molecule has 1 saturated carbocycles. The van der Waals surface area contributed by atoms with E-state index in [1.54, 1.807) is 0 Å². The Labute approximate surface area is 98.5 Å². The van der Waals surface area contributed by atoms with E-state index in [-0.39, 0.29) is 0 Å². The fraction of sp³-hybridized carbons (Fsp3) is 0.643. The van der Waals surface area contributed by atoms with Gasteiger partial charge in [-0.3, -0.25) is 4.98 Å². The van der Waals surface area contributed by atoms with Crippen molar-refractivity contribution in [2.24, 2.45) is 5.41 Å². The third-order valence-corrected chi connectivity index (χ3v) is 3.68. The van der Waals surface area contributed by atoms with Gasteiger partial charge < -0.3 is 5.32 Å². The number of hydrogen-bond donors (Lipinski definition) is 1. The third kappa shape index (κ3) is 3.31. The first-order valence-electron chi connectivity index (χ1n) is 6.38. The molecular formula is C14H22N2. The number of hydrogen-bond acceptors (Lipinski definition) is 2. The topological polar surface area (TPSA) is 24.9 Å². The Morgan fingerprint density at radius 1 is 1.38 bits per heavy atom. The monoisotopic (exact) mass is 218 g/mol. The minimum atomic E-state index is 0.564. The maximum atomic E-state index is 4.13. The molecule has 1 aliphatic rings. The first kappa shape index (κ1) is 11.6. The summed E-state index contributed by atoms with van der Waals surface area (Å²) in [5.74, 6) is 0. The first-order chi connectivity index (χ1) is 7.79. The highest BCUT2D eigenvalue weighted by molar-refractivity contribution is 5.08. The van der Waals surface area contributed by atoms with Crippen LogP contribution in [0.15, 0.2) is 24.5 Å². The van der Waals surface area contributed by atoms with Gasteiger partial charge in [0.15, 0.2) is 0 Å². The van der Waals surface area contributed by atoms with E-state index in [0.29, 0.717) is 5.41 Å². The largest absolute Gasteiger partial charge is 0.316 e. The minimum Gasteiger partial charge on any atom is -0.316 e. The molecule has 16 heavy (non-hydrogen) atoms. The highest BCUT2D eigenvalue weighted by Crippen LogP contribution is 2.36. The molecule has 0 bridgehead atoms. The number of nitrogens with one attached hydrogen (secondary N) is 1. The zero-order valence-corrected chi connectivity index (χ0v) is 10.2. The number of nitrogens with zero attached hydrogens (tertiary/aromatic N) is 1. The van der Waals surface area contributed by atoms with Gasteiger partial charge in [0.1, 0.15) is 0 Å². The average molecular weight is 218 g/mol. The third-order valence-electron chi connectivity index (χ3n) is 3.68. The van der Waals surface area contributed by atoms with Gasteiger partial charge in [0.05, 0.1) is 0 Å². The lowest BCUT2D eigenvalue weighted by Gasteiger charge is -2.23. The van der Waals surface area contributed by atoms with Crippen LogP contribution in [-0.4, -0.2) is 18.1 Å². The molecule has 1 N–H and O–H groups in total.